The molecular formula is C12H11Cl2N3O2S. The van der Waals surface area contributed by atoms with Crippen LogP contribution in [0, 0.1) is 0 Å². The summed E-state index contributed by atoms with van der Waals surface area (Å²) in [6, 6.07) is 6.08. The normalized spacial score (nSPS) is 11.2. The molecule has 0 saturated heterocycles. The maximum absolute atomic E-state index is 12.3. The summed E-state index contributed by atoms with van der Waals surface area (Å²) < 4.78 is 27.1. The lowest BCUT2D eigenvalue weighted by atomic mass is 10.3. The molecule has 0 radical (unpaired) electrons. The van der Waals surface area contributed by atoms with E-state index in [0.717, 1.165) is 0 Å². The van der Waals surface area contributed by atoms with Crippen molar-refractivity contribution in [3.8, 4) is 0 Å². The third-order valence-electron chi connectivity index (χ3n) is 2.52. The second-order valence-electron chi connectivity index (χ2n) is 3.85. The third-order valence-corrected chi connectivity index (χ3v) is 4.46. The number of halogens is 2. The Kier molecular flexibility index (Phi) is 4.37. The van der Waals surface area contributed by atoms with Crippen molar-refractivity contribution < 1.29 is 8.42 Å². The summed E-state index contributed by atoms with van der Waals surface area (Å²) in [7, 11) is -2.17. The zero-order chi connectivity index (χ0) is 14.8. The van der Waals surface area contributed by atoms with E-state index < -0.39 is 10.0 Å². The van der Waals surface area contributed by atoms with Gasteiger partial charge < -0.3 is 5.32 Å². The average molecular weight is 332 g/mol. The standard InChI is InChI=1S/C12H11Cl2N3O2S/c1-15-11-4-5-16-7-12(11)20(18,19)17-10-3-2-8(13)6-9(10)14/h2-7,17H,1H3,(H,15,16). The summed E-state index contributed by atoms with van der Waals surface area (Å²) in [5, 5.41) is 3.44. The molecule has 0 spiro atoms. The Morgan fingerprint density at radius 2 is 1.90 bits per heavy atom. The first kappa shape index (κ1) is 14.9. The Morgan fingerprint density at radius 3 is 2.55 bits per heavy atom. The molecule has 2 aromatic rings. The minimum atomic E-state index is -3.79. The van der Waals surface area contributed by atoms with Crippen LogP contribution in [-0.2, 0) is 10.0 Å². The molecule has 0 aliphatic rings. The van der Waals surface area contributed by atoms with Crippen LogP contribution >= 0.6 is 23.2 Å². The summed E-state index contributed by atoms with van der Waals surface area (Å²) in [5.74, 6) is 0. The van der Waals surface area contributed by atoms with Gasteiger partial charge >= 0.3 is 0 Å². The van der Waals surface area contributed by atoms with E-state index in [4.69, 9.17) is 23.2 Å². The second kappa shape index (κ2) is 5.87. The van der Waals surface area contributed by atoms with Gasteiger partial charge in [-0.25, -0.2) is 8.42 Å². The predicted octanol–water partition coefficient (Wildman–Crippen LogP) is 3.23. The summed E-state index contributed by atoms with van der Waals surface area (Å²) in [4.78, 5) is 3.86. The van der Waals surface area contributed by atoms with E-state index in [1.165, 1.54) is 24.5 Å². The lowest BCUT2D eigenvalue weighted by Crippen LogP contribution is -2.15. The van der Waals surface area contributed by atoms with Crippen molar-refractivity contribution in [1.29, 1.82) is 0 Å². The van der Waals surface area contributed by atoms with Gasteiger partial charge in [0.1, 0.15) is 4.90 Å². The number of rotatable bonds is 4. The number of nitrogens with zero attached hydrogens (tertiary/aromatic N) is 1. The molecule has 2 rings (SSSR count). The van der Waals surface area contributed by atoms with Crippen LogP contribution in [0.1, 0.15) is 0 Å². The van der Waals surface area contributed by atoms with Crippen molar-refractivity contribution in [2.75, 3.05) is 17.1 Å². The van der Waals surface area contributed by atoms with Crippen molar-refractivity contribution in [2.45, 2.75) is 4.90 Å². The number of sulfonamides is 1. The van der Waals surface area contributed by atoms with Gasteiger partial charge in [0.2, 0.25) is 0 Å². The molecule has 106 valence electrons. The van der Waals surface area contributed by atoms with Crippen molar-refractivity contribution in [3.63, 3.8) is 0 Å². The monoisotopic (exact) mass is 331 g/mol. The zero-order valence-electron chi connectivity index (χ0n) is 10.4. The van der Waals surface area contributed by atoms with Crippen molar-refractivity contribution in [3.05, 3.63) is 46.7 Å². The molecule has 1 aromatic heterocycles. The smallest absolute Gasteiger partial charge is 0.265 e. The number of anilines is 2. The van der Waals surface area contributed by atoms with Gasteiger partial charge in [-0.1, -0.05) is 23.2 Å². The number of hydrogen-bond donors (Lipinski definition) is 2. The Labute approximate surface area is 127 Å². The number of nitrogens with one attached hydrogen (secondary N) is 2. The van der Waals surface area contributed by atoms with Crippen LogP contribution in [0.25, 0.3) is 0 Å². The fourth-order valence-electron chi connectivity index (χ4n) is 1.57. The van der Waals surface area contributed by atoms with Crippen molar-refractivity contribution in [1.82, 2.24) is 4.98 Å². The summed E-state index contributed by atoms with van der Waals surface area (Å²) in [5.41, 5.74) is 0.694. The fraction of sp³-hybridized carbons (Fsp3) is 0.0833. The van der Waals surface area contributed by atoms with Gasteiger partial charge in [0, 0.05) is 24.5 Å². The van der Waals surface area contributed by atoms with Crippen molar-refractivity contribution in [2.24, 2.45) is 0 Å². The molecule has 0 bridgehead atoms. The van der Waals surface area contributed by atoms with E-state index in [-0.39, 0.29) is 15.6 Å². The molecule has 20 heavy (non-hydrogen) atoms. The molecule has 0 saturated carbocycles. The van der Waals surface area contributed by atoms with Crippen LogP contribution in [-0.4, -0.2) is 20.4 Å². The van der Waals surface area contributed by atoms with Crippen LogP contribution in [0.2, 0.25) is 10.0 Å². The molecule has 0 fully saturated rings. The average Bonchev–Trinajstić information content (AvgIpc) is 2.42. The predicted molar refractivity (Wildman–Crippen MR) is 81.1 cm³/mol. The molecule has 8 heteroatoms. The van der Waals surface area contributed by atoms with Crippen LogP contribution < -0.4 is 10.0 Å². The first-order valence-electron chi connectivity index (χ1n) is 5.53. The Hall–Kier alpha value is -1.50. The SMILES string of the molecule is CNc1ccncc1S(=O)(=O)Nc1ccc(Cl)cc1Cl. The van der Waals surface area contributed by atoms with Gasteiger partial charge in [-0.2, -0.15) is 0 Å². The quantitative estimate of drug-likeness (QED) is 0.902. The van der Waals surface area contributed by atoms with Crippen LogP contribution in [0.3, 0.4) is 0 Å². The van der Waals surface area contributed by atoms with Crippen LogP contribution in [0.15, 0.2) is 41.6 Å². The number of aromatic nitrogens is 1. The van der Waals surface area contributed by atoms with Gasteiger partial charge in [0.15, 0.2) is 0 Å². The minimum absolute atomic E-state index is 0.0357. The molecule has 2 N–H and O–H groups in total. The Balaban J connectivity index is 2.41. The maximum atomic E-state index is 12.3. The number of benzene rings is 1. The van der Waals surface area contributed by atoms with Gasteiger partial charge in [0.25, 0.3) is 10.0 Å². The minimum Gasteiger partial charge on any atom is -0.387 e. The fourth-order valence-corrected chi connectivity index (χ4v) is 3.32. The van der Waals surface area contributed by atoms with E-state index in [1.54, 1.807) is 19.2 Å². The highest BCUT2D eigenvalue weighted by atomic mass is 35.5. The van der Waals surface area contributed by atoms with E-state index in [1.807, 2.05) is 0 Å². The summed E-state index contributed by atoms with van der Waals surface area (Å²) >= 11 is 11.7. The second-order valence-corrected chi connectivity index (χ2v) is 6.35. The number of hydrogen-bond acceptors (Lipinski definition) is 4. The molecule has 1 heterocycles. The van der Waals surface area contributed by atoms with E-state index in [2.05, 4.69) is 15.0 Å². The molecule has 0 aliphatic carbocycles. The topological polar surface area (TPSA) is 71.1 Å². The van der Waals surface area contributed by atoms with Gasteiger partial charge in [-0.3, -0.25) is 9.71 Å². The molecule has 0 aliphatic heterocycles. The maximum Gasteiger partial charge on any atom is 0.265 e. The van der Waals surface area contributed by atoms with Crippen LogP contribution in [0.4, 0.5) is 11.4 Å². The van der Waals surface area contributed by atoms with Gasteiger partial charge in [0.05, 0.1) is 16.4 Å². The van der Waals surface area contributed by atoms with E-state index >= 15 is 0 Å². The van der Waals surface area contributed by atoms with Crippen LogP contribution in [0.5, 0.6) is 0 Å². The molecule has 5 nitrogen and oxygen atoms in total. The highest BCUT2D eigenvalue weighted by Gasteiger charge is 2.19. The highest BCUT2D eigenvalue weighted by molar-refractivity contribution is 7.92. The first-order valence-corrected chi connectivity index (χ1v) is 7.77. The van der Waals surface area contributed by atoms with Gasteiger partial charge in [-0.15, -0.1) is 0 Å². The molecule has 0 atom stereocenters. The molecular weight excluding hydrogens is 321 g/mol. The largest absolute Gasteiger partial charge is 0.387 e. The van der Waals surface area contributed by atoms with E-state index in [9.17, 15) is 8.42 Å². The van der Waals surface area contributed by atoms with E-state index in [0.29, 0.717) is 10.7 Å². The summed E-state index contributed by atoms with van der Waals surface area (Å²) in [6.45, 7) is 0. The number of pyridine rings is 1. The Morgan fingerprint density at radius 1 is 1.15 bits per heavy atom. The zero-order valence-corrected chi connectivity index (χ0v) is 12.7. The Bertz CT molecular complexity index is 735. The first-order chi connectivity index (χ1) is 9.44. The van der Waals surface area contributed by atoms with Gasteiger partial charge in [-0.05, 0) is 24.3 Å². The molecule has 0 unspecified atom stereocenters. The van der Waals surface area contributed by atoms with Crippen molar-refractivity contribution >= 4 is 44.6 Å². The molecule has 1 aromatic carbocycles. The highest BCUT2D eigenvalue weighted by Crippen LogP contribution is 2.29. The third kappa shape index (κ3) is 3.15. The molecule has 0 amide bonds. The lowest BCUT2D eigenvalue weighted by molar-refractivity contribution is 0.601. The lowest BCUT2D eigenvalue weighted by Gasteiger charge is -2.12. The summed E-state index contributed by atoms with van der Waals surface area (Å²) in [6.07, 6.45) is 2.76.